The minimum absolute atomic E-state index is 0.163. The lowest BCUT2D eigenvalue weighted by molar-refractivity contribution is -0.385. The second-order valence-corrected chi connectivity index (χ2v) is 2.75. The number of benzene rings is 1. The number of nitro benzene ring substituents is 1. The molecule has 0 heterocycles. The van der Waals surface area contributed by atoms with Crippen LogP contribution in [0.4, 0.5) is 5.69 Å². The van der Waals surface area contributed by atoms with Crippen LogP contribution in [-0.4, -0.2) is 23.1 Å². The fourth-order valence-electron chi connectivity index (χ4n) is 1.08. The molecule has 16 heavy (non-hydrogen) atoms. The summed E-state index contributed by atoms with van der Waals surface area (Å²) in [6.45, 7) is 0. The number of carbonyl (C=O) groups is 1. The maximum absolute atomic E-state index is 11.1. The van der Waals surface area contributed by atoms with E-state index in [0.717, 1.165) is 19.2 Å². The van der Waals surface area contributed by atoms with Crippen LogP contribution >= 0.6 is 0 Å². The van der Waals surface area contributed by atoms with Crippen LogP contribution in [0.25, 0.3) is 0 Å². The third-order valence-corrected chi connectivity index (χ3v) is 1.83. The Balaban J connectivity index is 3.47. The van der Waals surface area contributed by atoms with E-state index in [4.69, 9.17) is 5.26 Å². The predicted octanol–water partition coefficient (Wildman–Crippen LogP) is 0.959. The summed E-state index contributed by atoms with van der Waals surface area (Å²) in [7, 11) is 1.10. The van der Waals surface area contributed by atoms with E-state index in [2.05, 4.69) is 4.74 Å². The molecule has 1 aromatic carbocycles. The fourth-order valence-corrected chi connectivity index (χ4v) is 1.08. The normalized spacial score (nSPS) is 9.25. The number of hydrogen-bond acceptors (Lipinski definition) is 6. The zero-order valence-corrected chi connectivity index (χ0v) is 8.13. The number of esters is 1. The molecule has 0 spiro atoms. The van der Waals surface area contributed by atoms with E-state index in [-0.39, 0.29) is 11.1 Å². The van der Waals surface area contributed by atoms with Crippen LogP contribution in [0.5, 0.6) is 5.75 Å². The van der Waals surface area contributed by atoms with Crippen LogP contribution in [0.1, 0.15) is 15.9 Å². The van der Waals surface area contributed by atoms with Crippen molar-refractivity contribution in [3.05, 3.63) is 33.4 Å². The number of nitrogens with zero attached hydrogens (tertiary/aromatic N) is 2. The van der Waals surface area contributed by atoms with Gasteiger partial charge in [-0.2, -0.15) is 5.26 Å². The Morgan fingerprint density at radius 3 is 2.69 bits per heavy atom. The van der Waals surface area contributed by atoms with Crippen molar-refractivity contribution in [3.8, 4) is 11.8 Å². The van der Waals surface area contributed by atoms with Gasteiger partial charge in [0.1, 0.15) is 11.6 Å². The Bertz CT molecular complexity index is 503. The highest BCUT2D eigenvalue weighted by Crippen LogP contribution is 2.30. The molecule has 1 aromatic rings. The molecule has 0 aliphatic carbocycles. The smallest absolute Gasteiger partial charge is 0.338 e. The lowest BCUT2D eigenvalue weighted by atomic mass is 10.1. The van der Waals surface area contributed by atoms with Crippen molar-refractivity contribution < 1.29 is 19.6 Å². The maximum Gasteiger partial charge on any atom is 0.338 e. The number of carbonyl (C=O) groups excluding carboxylic acids is 1. The first-order chi connectivity index (χ1) is 7.51. The molecule has 0 fully saturated rings. The molecular formula is C9H6N2O5. The quantitative estimate of drug-likeness (QED) is 0.452. The van der Waals surface area contributed by atoms with Crippen LogP contribution in [0.2, 0.25) is 0 Å². The molecule has 7 nitrogen and oxygen atoms in total. The number of ether oxygens (including phenoxy) is 1. The van der Waals surface area contributed by atoms with Gasteiger partial charge in [0.2, 0.25) is 5.75 Å². The average Bonchev–Trinajstić information content (AvgIpc) is 2.27. The lowest BCUT2D eigenvalue weighted by Crippen LogP contribution is -2.03. The average molecular weight is 222 g/mol. The SMILES string of the molecule is COC(=O)c1cc(C#N)c(O)c([N+](=O)[O-])c1. The summed E-state index contributed by atoms with van der Waals surface area (Å²) >= 11 is 0. The third kappa shape index (κ3) is 1.90. The van der Waals surface area contributed by atoms with Gasteiger partial charge in [-0.05, 0) is 6.07 Å². The van der Waals surface area contributed by atoms with Gasteiger partial charge in [0.05, 0.1) is 17.6 Å². The molecule has 82 valence electrons. The zero-order valence-electron chi connectivity index (χ0n) is 8.13. The van der Waals surface area contributed by atoms with E-state index < -0.39 is 22.3 Å². The highest BCUT2D eigenvalue weighted by Gasteiger charge is 2.21. The van der Waals surface area contributed by atoms with E-state index in [0.29, 0.717) is 0 Å². The van der Waals surface area contributed by atoms with E-state index in [1.807, 2.05) is 0 Å². The van der Waals surface area contributed by atoms with E-state index in [1.54, 1.807) is 6.07 Å². The topological polar surface area (TPSA) is 113 Å². The van der Waals surface area contributed by atoms with Gasteiger partial charge in [0.15, 0.2) is 0 Å². The molecular weight excluding hydrogens is 216 g/mol. The first kappa shape index (κ1) is 11.5. The van der Waals surface area contributed by atoms with Gasteiger partial charge >= 0.3 is 11.7 Å². The van der Waals surface area contributed by atoms with Crippen LogP contribution < -0.4 is 0 Å². The summed E-state index contributed by atoms with van der Waals surface area (Å²) in [5, 5.41) is 28.5. The molecule has 1 N–H and O–H groups in total. The molecule has 0 aromatic heterocycles. The number of rotatable bonds is 2. The molecule has 0 amide bonds. The van der Waals surface area contributed by atoms with Crippen molar-refractivity contribution in [2.45, 2.75) is 0 Å². The van der Waals surface area contributed by atoms with Gasteiger partial charge in [0.25, 0.3) is 0 Å². The minimum atomic E-state index is -0.886. The van der Waals surface area contributed by atoms with Crippen LogP contribution in [0, 0.1) is 21.4 Å². The Morgan fingerprint density at radius 2 is 2.25 bits per heavy atom. The summed E-state index contributed by atoms with van der Waals surface area (Å²) in [5.41, 5.74) is -1.22. The number of phenols is 1. The molecule has 0 bridgehead atoms. The maximum atomic E-state index is 11.1. The Labute approximate surface area is 89.6 Å². The number of nitriles is 1. The molecule has 0 saturated heterocycles. The standard InChI is InChI=1S/C9H6N2O5/c1-16-9(13)5-2-6(4-10)8(12)7(3-5)11(14)15/h2-3,12H,1H3. The first-order valence-electron chi connectivity index (χ1n) is 4.01. The number of hydrogen-bond donors (Lipinski definition) is 1. The summed E-state index contributed by atoms with van der Waals surface area (Å²) < 4.78 is 4.36. The minimum Gasteiger partial charge on any atom is -0.501 e. The number of aromatic hydroxyl groups is 1. The fraction of sp³-hybridized carbons (Fsp3) is 0.111. The molecule has 0 saturated carbocycles. The zero-order chi connectivity index (χ0) is 12.3. The second kappa shape index (κ2) is 4.27. The molecule has 7 heteroatoms. The summed E-state index contributed by atoms with van der Waals surface area (Å²) in [6.07, 6.45) is 0. The van der Waals surface area contributed by atoms with Gasteiger partial charge in [-0.15, -0.1) is 0 Å². The molecule has 0 radical (unpaired) electrons. The van der Waals surface area contributed by atoms with Gasteiger partial charge in [-0.3, -0.25) is 10.1 Å². The second-order valence-electron chi connectivity index (χ2n) is 2.75. The predicted molar refractivity (Wildman–Crippen MR) is 50.8 cm³/mol. The molecule has 1 rings (SSSR count). The Hall–Kier alpha value is -2.62. The van der Waals surface area contributed by atoms with E-state index in [1.165, 1.54) is 0 Å². The van der Waals surface area contributed by atoms with Crippen LogP contribution in [0.3, 0.4) is 0 Å². The van der Waals surface area contributed by atoms with Gasteiger partial charge in [-0.25, -0.2) is 4.79 Å². The monoisotopic (exact) mass is 222 g/mol. The number of methoxy groups -OCH3 is 1. The van der Waals surface area contributed by atoms with Crippen molar-refractivity contribution in [1.29, 1.82) is 5.26 Å². The van der Waals surface area contributed by atoms with E-state index >= 15 is 0 Å². The lowest BCUT2D eigenvalue weighted by Gasteiger charge is -2.02. The van der Waals surface area contributed by atoms with Crippen molar-refractivity contribution in [3.63, 3.8) is 0 Å². The molecule has 0 atom stereocenters. The third-order valence-electron chi connectivity index (χ3n) is 1.83. The highest BCUT2D eigenvalue weighted by molar-refractivity contribution is 5.91. The first-order valence-corrected chi connectivity index (χ1v) is 4.01. The largest absolute Gasteiger partial charge is 0.501 e. The Kier molecular flexibility index (Phi) is 3.06. The summed E-state index contributed by atoms with van der Waals surface area (Å²) in [5.74, 6) is -1.58. The van der Waals surface area contributed by atoms with Gasteiger partial charge in [-0.1, -0.05) is 0 Å². The van der Waals surface area contributed by atoms with Gasteiger partial charge < -0.3 is 9.84 Å². The van der Waals surface area contributed by atoms with Crippen LogP contribution in [0.15, 0.2) is 12.1 Å². The number of nitro groups is 1. The van der Waals surface area contributed by atoms with E-state index in [9.17, 15) is 20.0 Å². The van der Waals surface area contributed by atoms with Gasteiger partial charge in [0, 0.05) is 6.07 Å². The highest BCUT2D eigenvalue weighted by atomic mass is 16.6. The van der Waals surface area contributed by atoms with Crippen molar-refractivity contribution in [1.82, 2.24) is 0 Å². The Morgan fingerprint density at radius 1 is 1.62 bits per heavy atom. The van der Waals surface area contributed by atoms with Crippen LogP contribution in [-0.2, 0) is 4.74 Å². The van der Waals surface area contributed by atoms with Crippen molar-refractivity contribution in [2.75, 3.05) is 7.11 Å². The summed E-state index contributed by atoms with van der Waals surface area (Å²) in [4.78, 5) is 20.8. The number of phenolic OH excluding ortho intramolecular Hbond substituents is 1. The molecule has 0 aliphatic heterocycles. The van der Waals surface area contributed by atoms with Crippen molar-refractivity contribution in [2.24, 2.45) is 0 Å². The molecule has 0 unspecified atom stereocenters. The summed E-state index contributed by atoms with van der Waals surface area (Å²) in [6, 6.07) is 3.42. The van der Waals surface area contributed by atoms with Crippen molar-refractivity contribution >= 4 is 11.7 Å². The molecule has 0 aliphatic rings.